The predicted molar refractivity (Wildman–Crippen MR) is 120 cm³/mol. The van der Waals surface area contributed by atoms with Gasteiger partial charge in [0.25, 0.3) is 5.91 Å². The maximum Gasteiger partial charge on any atom is 0.289 e. The van der Waals surface area contributed by atoms with Gasteiger partial charge in [-0.15, -0.1) is 10.2 Å². The number of methoxy groups -OCH3 is 1. The highest BCUT2D eigenvalue weighted by molar-refractivity contribution is 5.90. The standard InChI is InChI=1S/C24H35N5O2/c1-18(2)9-13-25-23(30)22-27-26-21-8-10-24(17-29(21)22)11-14-28(15-12-24)16-19-4-6-20(31-3)7-5-19/h4-7,18H,8-17H2,1-3H3,(H,25,30). The Morgan fingerprint density at radius 3 is 2.58 bits per heavy atom. The van der Waals surface area contributed by atoms with Crippen LogP contribution in [0.4, 0.5) is 0 Å². The Morgan fingerprint density at radius 1 is 1.16 bits per heavy atom. The molecule has 1 saturated heterocycles. The van der Waals surface area contributed by atoms with Crippen LogP contribution in [0.3, 0.4) is 0 Å². The molecule has 0 atom stereocenters. The Bertz CT molecular complexity index is 882. The SMILES string of the molecule is COc1ccc(CN2CCC3(CCc4nnc(C(=O)NCCC(C)C)n4C3)CC2)cc1. The molecule has 1 spiro atoms. The molecule has 2 aliphatic heterocycles. The summed E-state index contributed by atoms with van der Waals surface area (Å²) in [7, 11) is 1.70. The lowest BCUT2D eigenvalue weighted by Crippen LogP contribution is -2.44. The minimum absolute atomic E-state index is 0.0895. The maximum absolute atomic E-state index is 12.7. The van der Waals surface area contributed by atoms with Crippen molar-refractivity contribution in [3.05, 3.63) is 41.5 Å². The molecule has 0 radical (unpaired) electrons. The third-order valence-corrected chi connectivity index (χ3v) is 6.89. The molecule has 2 aliphatic rings. The molecule has 2 aromatic rings. The highest BCUT2D eigenvalue weighted by Gasteiger charge is 2.39. The van der Waals surface area contributed by atoms with Gasteiger partial charge in [0.2, 0.25) is 5.82 Å². The second kappa shape index (κ2) is 9.39. The van der Waals surface area contributed by atoms with Crippen molar-refractivity contribution in [3.63, 3.8) is 0 Å². The zero-order chi connectivity index (χ0) is 21.8. The summed E-state index contributed by atoms with van der Waals surface area (Å²) >= 11 is 0. The number of likely N-dealkylation sites (tertiary alicyclic amines) is 1. The number of amides is 1. The van der Waals surface area contributed by atoms with Crippen LogP contribution in [0.1, 0.15) is 61.5 Å². The number of fused-ring (bicyclic) bond motifs is 1. The van der Waals surface area contributed by atoms with Crippen molar-refractivity contribution in [2.24, 2.45) is 11.3 Å². The number of aromatic nitrogens is 3. The normalized spacial score (nSPS) is 18.2. The van der Waals surface area contributed by atoms with Gasteiger partial charge in [-0.3, -0.25) is 9.69 Å². The Kier molecular flexibility index (Phi) is 6.60. The highest BCUT2D eigenvalue weighted by Crippen LogP contribution is 2.41. The Hall–Kier alpha value is -2.41. The topological polar surface area (TPSA) is 72.3 Å². The van der Waals surface area contributed by atoms with Gasteiger partial charge in [0, 0.05) is 26.1 Å². The van der Waals surface area contributed by atoms with Crippen LogP contribution in [0.15, 0.2) is 24.3 Å². The van der Waals surface area contributed by atoms with Crippen LogP contribution in [0.2, 0.25) is 0 Å². The van der Waals surface area contributed by atoms with E-state index in [0.717, 1.165) is 69.9 Å². The molecule has 7 nitrogen and oxygen atoms in total. The van der Waals surface area contributed by atoms with E-state index in [1.165, 1.54) is 5.56 Å². The van der Waals surface area contributed by atoms with E-state index in [4.69, 9.17) is 4.74 Å². The van der Waals surface area contributed by atoms with Crippen LogP contribution in [0.5, 0.6) is 5.75 Å². The molecule has 1 N–H and O–H groups in total. The van der Waals surface area contributed by atoms with Crippen molar-refractivity contribution in [1.82, 2.24) is 25.0 Å². The molecule has 0 saturated carbocycles. The second-order valence-electron chi connectivity index (χ2n) is 9.59. The van der Waals surface area contributed by atoms with E-state index in [1.807, 2.05) is 12.1 Å². The third kappa shape index (κ3) is 5.09. The lowest BCUT2D eigenvalue weighted by molar-refractivity contribution is 0.0618. The number of carbonyl (C=O) groups excluding carboxylic acids is 1. The molecule has 168 valence electrons. The molecule has 31 heavy (non-hydrogen) atoms. The summed E-state index contributed by atoms with van der Waals surface area (Å²) in [5.74, 6) is 2.82. The minimum atomic E-state index is -0.0895. The number of piperidine rings is 1. The fourth-order valence-corrected chi connectivity index (χ4v) is 4.78. The van der Waals surface area contributed by atoms with Gasteiger partial charge >= 0.3 is 0 Å². The first-order valence-corrected chi connectivity index (χ1v) is 11.5. The van der Waals surface area contributed by atoms with Crippen LogP contribution in [-0.2, 0) is 19.5 Å². The molecule has 1 aromatic carbocycles. The monoisotopic (exact) mass is 425 g/mol. The van der Waals surface area contributed by atoms with Gasteiger partial charge < -0.3 is 14.6 Å². The van der Waals surface area contributed by atoms with Crippen molar-refractivity contribution in [3.8, 4) is 5.75 Å². The number of ether oxygens (including phenoxy) is 1. The summed E-state index contributed by atoms with van der Waals surface area (Å²) in [6.07, 6.45) is 5.31. The van der Waals surface area contributed by atoms with Crippen LogP contribution in [-0.4, -0.2) is 52.3 Å². The molecule has 3 heterocycles. The fraction of sp³-hybridized carbons (Fsp3) is 0.625. The number of hydrogen-bond donors (Lipinski definition) is 1. The number of benzene rings is 1. The quantitative estimate of drug-likeness (QED) is 0.737. The Balaban J connectivity index is 1.35. The molecule has 1 fully saturated rings. The average Bonchev–Trinajstić information content (AvgIpc) is 3.18. The summed E-state index contributed by atoms with van der Waals surface area (Å²) in [6.45, 7) is 9.01. The molecule has 1 amide bonds. The largest absolute Gasteiger partial charge is 0.497 e. The van der Waals surface area contributed by atoms with E-state index in [1.54, 1.807) is 7.11 Å². The summed E-state index contributed by atoms with van der Waals surface area (Å²) < 4.78 is 7.35. The van der Waals surface area contributed by atoms with Crippen molar-refractivity contribution in [2.45, 2.75) is 59.0 Å². The first-order chi connectivity index (χ1) is 15.0. The zero-order valence-electron chi connectivity index (χ0n) is 19.1. The summed E-state index contributed by atoms with van der Waals surface area (Å²) in [5, 5.41) is 11.6. The first kappa shape index (κ1) is 21.8. The number of rotatable bonds is 7. The van der Waals surface area contributed by atoms with E-state index in [9.17, 15) is 4.79 Å². The molecule has 0 unspecified atom stereocenters. The number of aryl methyl sites for hydroxylation is 1. The number of nitrogens with zero attached hydrogens (tertiary/aromatic N) is 4. The minimum Gasteiger partial charge on any atom is -0.497 e. The molecule has 0 bridgehead atoms. The van der Waals surface area contributed by atoms with Crippen LogP contribution >= 0.6 is 0 Å². The van der Waals surface area contributed by atoms with Gasteiger partial charge in [0.05, 0.1) is 7.11 Å². The molecular formula is C24H35N5O2. The van der Waals surface area contributed by atoms with Crippen molar-refractivity contribution < 1.29 is 9.53 Å². The molecular weight excluding hydrogens is 390 g/mol. The Labute approximate surface area is 185 Å². The molecule has 4 rings (SSSR count). The third-order valence-electron chi connectivity index (χ3n) is 6.89. The average molecular weight is 426 g/mol. The van der Waals surface area contributed by atoms with Crippen LogP contribution < -0.4 is 10.1 Å². The first-order valence-electron chi connectivity index (χ1n) is 11.5. The van der Waals surface area contributed by atoms with E-state index >= 15 is 0 Å². The second-order valence-corrected chi connectivity index (χ2v) is 9.59. The predicted octanol–water partition coefficient (Wildman–Crippen LogP) is 3.29. The fourth-order valence-electron chi connectivity index (χ4n) is 4.78. The van der Waals surface area contributed by atoms with Crippen molar-refractivity contribution >= 4 is 5.91 Å². The van der Waals surface area contributed by atoms with Gasteiger partial charge in [0.1, 0.15) is 11.6 Å². The van der Waals surface area contributed by atoms with Gasteiger partial charge in [0.15, 0.2) is 0 Å². The van der Waals surface area contributed by atoms with Gasteiger partial charge in [-0.25, -0.2) is 0 Å². The number of carbonyl (C=O) groups is 1. The zero-order valence-corrected chi connectivity index (χ0v) is 19.1. The lowest BCUT2D eigenvalue weighted by atomic mass is 9.73. The molecule has 0 aliphatic carbocycles. The van der Waals surface area contributed by atoms with Gasteiger partial charge in [-0.05, 0) is 67.8 Å². The smallest absolute Gasteiger partial charge is 0.289 e. The van der Waals surface area contributed by atoms with Crippen molar-refractivity contribution in [1.29, 1.82) is 0 Å². The molecule has 7 heteroatoms. The summed E-state index contributed by atoms with van der Waals surface area (Å²) in [6, 6.07) is 8.36. The summed E-state index contributed by atoms with van der Waals surface area (Å²) in [5.41, 5.74) is 1.57. The highest BCUT2D eigenvalue weighted by atomic mass is 16.5. The summed E-state index contributed by atoms with van der Waals surface area (Å²) in [4.78, 5) is 15.2. The maximum atomic E-state index is 12.7. The van der Waals surface area contributed by atoms with Crippen LogP contribution in [0.25, 0.3) is 0 Å². The Morgan fingerprint density at radius 2 is 1.90 bits per heavy atom. The lowest BCUT2D eigenvalue weighted by Gasteiger charge is -2.44. The van der Waals surface area contributed by atoms with Gasteiger partial charge in [-0.1, -0.05) is 26.0 Å². The number of hydrogen-bond acceptors (Lipinski definition) is 5. The van der Waals surface area contributed by atoms with E-state index in [0.29, 0.717) is 18.3 Å². The van der Waals surface area contributed by atoms with Gasteiger partial charge in [-0.2, -0.15) is 0 Å². The molecule has 1 aromatic heterocycles. The van der Waals surface area contributed by atoms with E-state index in [-0.39, 0.29) is 11.3 Å². The van der Waals surface area contributed by atoms with Crippen LogP contribution in [0, 0.1) is 11.3 Å². The van der Waals surface area contributed by atoms with E-state index < -0.39 is 0 Å². The van der Waals surface area contributed by atoms with Crippen molar-refractivity contribution in [2.75, 3.05) is 26.7 Å². The van der Waals surface area contributed by atoms with E-state index in [2.05, 4.69) is 51.0 Å². The number of nitrogens with one attached hydrogen (secondary N) is 1.